The molecule has 1 amide bonds. The Morgan fingerprint density at radius 3 is 2.95 bits per heavy atom. The Labute approximate surface area is 125 Å². The Hall–Kier alpha value is -0.590. The van der Waals surface area contributed by atoms with Crippen LogP contribution in [-0.4, -0.2) is 30.5 Å². The van der Waals surface area contributed by atoms with Gasteiger partial charge in [0.25, 0.3) is 0 Å². The van der Waals surface area contributed by atoms with Crippen LogP contribution in [0.1, 0.15) is 12.0 Å². The lowest BCUT2D eigenvalue weighted by Gasteiger charge is -2.11. The van der Waals surface area contributed by atoms with Crippen molar-refractivity contribution in [1.82, 2.24) is 5.32 Å². The van der Waals surface area contributed by atoms with Gasteiger partial charge in [-0.25, -0.2) is 4.39 Å². The Kier molecular flexibility index (Phi) is 7.41. The zero-order valence-electron chi connectivity index (χ0n) is 10.8. The smallest absolute Gasteiger partial charge is 0.236 e. The molecule has 0 heterocycles. The number of carbonyl (C=O) groups is 1. The maximum absolute atomic E-state index is 13.0. The minimum Gasteiger partial charge on any atom is -0.354 e. The summed E-state index contributed by atoms with van der Waals surface area (Å²) in [5.41, 5.74) is 6.71. The van der Waals surface area contributed by atoms with E-state index in [0.29, 0.717) is 23.9 Å². The molecule has 0 spiro atoms. The summed E-state index contributed by atoms with van der Waals surface area (Å²) in [4.78, 5) is 11.6. The Morgan fingerprint density at radius 2 is 2.32 bits per heavy atom. The minimum absolute atomic E-state index is 0.129. The van der Waals surface area contributed by atoms with Crippen molar-refractivity contribution in [2.45, 2.75) is 18.9 Å². The fraction of sp³-hybridized carbons (Fsp3) is 0.462. The molecule has 0 saturated heterocycles. The highest BCUT2D eigenvalue weighted by molar-refractivity contribution is 9.10. The van der Waals surface area contributed by atoms with Gasteiger partial charge >= 0.3 is 0 Å². The van der Waals surface area contributed by atoms with Crippen LogP contribution in [0.15, 0.2) is 22.7 Å². The van der Waals surface area contributed by atoms with Gasteiger partial charge in [-0.2, -0.15) is 11.8 Å². The summed E-state index contributed by atoms with van der Waals surface area (Å²) < 4.78 is 13.5. The second kappa shape index (κ2) is 8.55. The van der Waals surface area contributed by atoms with E-state index in [1.54, 1.807) is 23.9 Å². The molecule has 0 fully saturated rings. The molecule has 106 valence electrons. The monoisotopic (exact) mass is 348 g/mol. The van der Waals surface area contributed by atoms with Crippen LogP contribution < -0.4 is 11.1 Å². The van der Waals surface area contributed by atoms with Gasteiger partial charge in [0.05, 0.1) is 10.5 Å². The number of amides is 1. The van der Waals surface area contributed by atoms with Crippen molar-refractivity contribution in [3.8, 4) is 0 Å². The summed E-state index contributed by atoms with van der Waals surface area (Å²) in [7, 11) is 0. The van der Waals surface area contributed by atoms with Crippen LogP contribution in [0, 0.1) is 5.82 Å². The maximum Gasteiger partial charge on any atom is 0.236 e. The van der Waals surface area contributed by atoms with Crippen molar-refractivity contribution < 1.29 is 9.18 Å². The first-order valence-electron chi connectivity index (χ1n) is 6.00. The van der Waals surface area contributed by atoms with Gasteiger partial charge in [-0.15, -0.1) is 0 Å². The lowest BCUT2D eigenvalue weighted by molar-refractivity contribution is -0.122. The van der Waals surface area contributed by atoms with Crippen LogP contribution in [0.4, 0.5) is 4.39 Å². The SMILES string of the molecule is CSCC[C@H](N)C(=O)NCCc1ccc(F)c(Br)c1. The van der Waals surface area contributed by atoms with E-state index < -0.39 is 6.04 Å². The summed E-state index contributed by atoms with van der Waals surface area (Å²) >= 11 is 4.80. The summed E-state index contributed by atoms with van der Waals surface area (Å²) in [6.07, 6.45) is 3.31. The number of carbonyl (C=O) groups excluding carboxylic acids is 1. The third-order valence-electron chi connectivity index (χ3n) is 2.67. The number of thioether (sulfide) groups is 1. The van der Waals surface area contributed by atoms with Gasteiger partial charge in [-0.05, 0) is 58.5 Å². The zero-order chi connectivity index (χ0) is 14.3. The molecular formula is C13H18BrFN2OS. The molecule has 6 heteroatoms. The predicted molar refractivity (Wildman–Crippen MR) is 81.8 cm³/mol. The van der Waals surface area contributed by atoms with E-state index in [2.05, 4.69) is 21.2 Å². The summed E-state index contributed by atoms with van der Waals surface area (Å²) in [6.45, 7) is 0.504. The average molecular weight is 349 g/mol. The number of hydrogen-bond acceptors (Lipinski definition) is 3. The Bertz CT molecular complexity index is 431. The first-order chi connectivity index (χ1) is 9.04. The predicted octanol–water partition coefficient (Wildman–Crippen LogP) is 2.33. The summed E-state index contributed by atoms with van der Waals surface area (Å²) in [5.74, 6) is 0.460. The van der Waals surface area contributed by atoms with Crippen LogP contribution >= 0.6 is 27.7 Å². The topological polar surface area (TPSA) is 55.1 Å². The molecule has 0 unspecified atom stereocenters. The van der Waals surface area contributed by atoms with Crippen molar-refractivity contribution in [3.63, 3.8) is 0 Å². The molecule has 0 bridgehead atoms. The second-order valence-electron chi connectivity index (χ2n) is 4.18. The summed E-state index contributed by atoms with van der Waals surface area (Å²) in [5, 5.41) is 2.79. The third-order valence-corrected chi connectivity index (χ3v) is 3.92. The first-order valence-corrected chi connectivity index (χ1v) is 8.19. The van der Waals surface area contributed by atoms with Crippen LogP contribution in [0.2, 0.25) is 0 Å². The molecule has 1 aromatic rings. The molecule has 3 nitrogen and oxygen atoms in total. The molecular weight excluding hydrogens is 331 g/mol. The Morgan fingerprint density at radius 1 is 1.58 bits per heavy atom. The van der Waals surface area contributed by atoms with Gasteiger partial charge in [0, 0.05) is 6.54 Å². The van der Waals surface area contributed by atoms with Crippen molar-refractivity contribution >= 4 is 33.6 Å². The lowest BCUT2D eigenvalue weighted by Crippen LogP contribution is -2.41. The number of nitrogens with one attached hydrogen (secondary N) is 1. The van der Waals surface area contributed by atoms with Crippen molar-refractivity contribution in [2.75, 3.05) is 18.6 Å². The molecule has 1 aromatic carbocycles. The summed E-state index contributed by atoms with van der Waals surface area (Å²) in [6, 6.07) is 4.38. The van der Waals surface area contributed by atoms with E-state index in [1.165, 1.54) is 6.07 Å². The second-order valence-corrected chi connectivity index (χ2v) is 6.02. The fourth-order valence-electron chi connectivity index (χ4n) is 1.53. The van der Waals surface area contributed by atoms with E-state index in [1.807, 2.05) is 6.26 Å². The highest BCUT2D eigenvalue weighted by Crippen LogP contribution is 2.16. The molecule has 0 aliphatic carbocycles. The van der Waals surface area contributed by atoms with Gasteiger partial charge in [0.2, 0.25) is 5.91 Å². The Balaban J connectivity index is 2.33. The average Bonchev–Trinajstić information content (AvgIpc) is 2.39. The van der Waals surface area contributed by atoms with E-state index in [4.69, 9.17) is 5.73 Å². The lowest BCUT2D eigenvalue weighted by atomic mass is 10.1. The quantitative estimate of drug-likeness (QED) is 0.794. The van der Waals surface area contributed by atoms with E-state index in [-0.39, 0.29) is 11.7 Å². The van der Waals surface area contributed by atoms with E-state index >= 15 is 0 Å². The molecule has 0 aliphatic rings. The zero-order valence-corrected chi connectivity index (χ0v) is 13.2. The van der Waals surface area contributed by atoms with Crippen LogP contribution in [-0.2, 0) is 11.2 Å². The number of rotatable bonds is 7. The molecule has 19 heavy (non-hydrogen) atoms. The minimum atomic E-state index is -0.451. The van der Waals surface area contributed by atoms with Gasteiger partial charge in [0.15, 0.2) is 0 Å². The van der Waals surface area contributed by atoms with Gasteiger partial charge in [-0.3, -0.25) is 4.79 Å². The third kappa shape index (κ3) is 5.93. The van der Waals surface area contributed by atoms with Gasteiger partial charge < -0.3 is 11.1 Å². The number of benzene rings is 1. The van der Waals surface area contributed by atoms with Gasteiger partial charge in [0.1, 0.15) is 5.82 Å². The molecule has 1 atom stereocenters. The van der Waals surface area contributed by atoms with Crippen molar-refractivity contribution in [3.05, 3.63) is 34.1 Å². The largest absolute Gasteiger partial charge is 0.354 e. The molecule has 1 rings (SSSR count). The van der Waals surface area contributed by atoms with E-state index in [9.17, 15) is 9.18 Å². The van der Waals surface area contributed by atoms with Crippen molar-refractivity contribution in [2.24, 2.45) is 5.73 Å². The number of nitrogens with two attached hydrogens (primary N) is 1. The number of halogens is 2. The highest BCUT2D eigenvalue weighted by atomic mass is 79.9. The molecule has 0 radical (unpaired) electrons. The standard InChI is InChI=1S/C13H18BrFN2OS/c1-19-7-5-12(16)13(18)17-6-4-9-2-3-11(15)10(14)8-9/h2-3,8,12H,4-7,16H2,1H3,(H,17,18)/t12-/m0/s1. The molecule has 0 saturated carbocycles. The first kappa shape index (κ1) is 16.5. The van der Waals surface area contributed by atoms with E-state index in [0.717, 1.165) is 11.3 Å². The normalized spacial score (nSPS) is 12.2. The van der Waals surface area contributed by atoms with Crippen molar-refractivity contribution in [1.29, 1.82) is 0 Å². The number of hydrogen-bond donors (Lipinski definition) is 2. The van der Waals surface area contributed by atoms with Crippen LogP contribution in [0.3, 0.4) is 0 Å². The molecule has 0 aliphatic heterocycles. The highest BCUT2D eigenvalue weighted by Gasteiger charge is 2.11. The maximum atomic E-state index is 13.0. The van der Waals surface area contributed by atoms with Crippen LogP contribution in [0.25, 0.3) is 0 Å². The fourth-order valence-corrected chi connectivity index (χ4v) is 2.45. The molecule has 0 aromatic heterocycles. The molecule has 3 N–H and O–H groups in total. The van der Waals surface area contributed by atoms with Gasteiger partial charge in [-0.1, -0.05) is 6.07 Å². The van der Waals surface area contributed by atoms with Crippen LogP contribution in [0.5, 0.6) is 0 Å².